The quantitative estimate of drug-likeness (QED) is 0.682. The Hall–Kier alpha value is -2.77. The van der Waals surface area contributed by atoms with E-state index in [0.29, 0.717) is 16.7 Å². The van der Waals surface area contributed by atoms with Gasteiger partial charge in [-0.25, -0.2) is 9.97 Å². The lowest BCUT2D eigenvalue weighted by Crippen LogP contribution is -2.04. The summed E-state index contributed by atoms with van der Waals surface area (Å²) in [6.45, 7) is -0.00968. The maximum atomic E-state index is 13.4. The van der Waals surface area contributed by atoms with Crippen LogP contribution in [0.1, 0.15) is 5.56 Å². The van der Waals surface area contributed by atoms with Crippen molar-refractivity contribution in [2.75, 3.05) is 5.73 Å². The third-order valence-corrected chi connectivity index (χ3v) is 2.47. The van der Waals surface area contributed by atoms with Gasteiger partial charge in [0.1, 0.15) is 12.1 Å². The number of aromatic nitrogens is 5. The molecule has 3 rings (SSSR count). The monoisotopic (exact) mass is 260 g/mol. The van der Waals surface area contributed by atoms with Gasteiger partial charge in [0.2, 0.25) is 17.8 Å². The maximum absolute atomic E-state index is 13.4. The van der Waals surface area contributed by atoms with E-state index in [2.05, 4.69) is 24.9 Å². The number of hydrogen-bond acceptors (Lipinski definition) is 6. The molecule has 0 aliphatic carbocycles. The molecule has 0 saturated carbocycles. The number of imidazole rings is 1. The average Bonchev–Trinajstić information content (AvgIpc) is 2.85. The van der Waals surface area contributed by atoms with Gasteiger partial charge >= 0.3 is 0 Å². The highest BCUT2D eigenvalue weighted by molar-refractivity contribution is 5.76. The fourth-order valence-electron chi connectivity index (χ4n) is 1.60. The number of halogens is 1. The fourth-order valence-corrected chi connectivity index (χ4v) is 1.60. The Balaban J connectivity index is 1.90. The molecule has 0 saturated heterocycles. The summed E-state index contributed by atoms with van der Waals surface area (Å²) in [6, 6.07) is 3.21. The lowest BCUT2D eigenvalue weighted by Gasteiger charge is -2.06. The zero-order valence-corrected chi connectivity index (χ0v) is 9.67. The van der Waals surface area contributed by atoms with Crippen molar-refractivity contribution in [3.8, 4) is 5.88 Å². The van der Waals surface area contributed by atoms with Crippen LogP contribution in [0.25, 0.3) is 11.2 Å². The van der Waals surface area contributed by atoms with E-state index in [1.807, 2.05) is 0 Å². The molecule has 0 atom stereocenters. The van der Waals surface area contributed by atoms with Gasteiger partial charge in [0.15, 0.2) is 5.65 Å². The van der Waals surface area contributed by atoms with Crippen LogP contribution in [0.15, 0.2) is 24.7 Å². The maximum Gasteiger partial charge on any atom is 0.245 e. The fraction of sp³-hybridized carbons (Fsp3) is 0.0909. The summed E-state index contributed by atoms with van der Waals surface area (Å²) in [7, 11) is 0. The van der Waals surface area contributed by atoms with E-state index < -0.39 is 5.95 Å². The summed E-state index contributed by atoms with van der Waals surface area (Å²) >= 11 is 0. The number of H-pyrrole nitrogens is 1. The zero-order valence-electron chi connectivity index (χ0n) is 9.67. The van der Waals surface area contributed by atoms with Crippen LogP contribution in [-0.2, 0) is 6.61 Å². The van der Waals surface area contributed by atoms with Crippen molar-refractivity contribution >= 4 is 17.1 Å². The van der Waals surface area contributed by atoms with Gasteiger partial charge < -0.3 is 15.5 Å². The number of hydrogen-bond donors (Lipinski definition) is 2. The van der Waals surface area contributed by atoms with Gasteiger partial charge in [0, 0.05) is 11.8 Å². The molecule has 0 aromatic carbocycles. The molecule has 19 heavy (non-hydrogen) atoms. The normalized spacial score (nSPS) is 10.8. The van der Waals surface area contributed by atoms with Gasteiger partial charge in [-0.2, -0.15) is 14.4 Å². The lowest BCUT2D eigenvalue weighted by atomic mass is 10.3. The molecule has 0 aliphatic heterocycles. The van der Waals surface area contributed by atoms with Crippen LogP contribution in [0.4, 0.5) is 10.3 Å². The number of fused-ring (bicyclic) bond motifs is 1. The number of nitrogens with two attached hydrogens (primary N) is 1. The predicted molar refractivity (Wildman–Crippen MR) is 64.6 cm³/mol. The highest BCUT2D eigenvalue weighted by atomic mass is 19.1. The summed E-state index contributed by atoms with van der Waals surface area (Å²) in [5, 5.41) is 0. The summed E-state index contributed by atoms with van der Waals surface area (Å²) in [5.74, 6) is -0.310. The van der Waals surface area contributed by atoms with Gasteiger partial charge in [-0.15, -0.1) is 0 Å². The molecule has 8 heteroatoms. The molecule has 0 radical (unpaired) electrons. The van der Waals surface area contributed by atoms with Crippen LogP contribution in [0.2, 0.25) is 0 Å². The average molecular weight is 260 g/mol. The standard InChI is InChI=1S/C11H9FN6O/c12-8-6(2-1-3-14-8)4-19-10-7-9(16-5-15-7)17-11(13)18-10/h1-3,5H,4H2,(H3,13,15,16,17,18). The predicted octanol–water partition coefficient (Wildman–Crippen LogP) is 1.05. The molecule has 0 fully saturated rings. The van der Waals surface area contributed by atoms with Gasteiger partial charge in [0.25, 0.3) is 0 Å². The summed E-state index contributed by atoms with van der Waals surface area (Å²) in [5.41, 5.74) is 6.78. The molecule has 96 valence electrons. The first-order valence-corrected chi connectivity index (χ1v) is 5.43. The summed E-state index contributed by atoms with van der Waals surface area (Å²) in [4.78, 5) is 18.2. The van der Waals surface area contributed by atoms with Crippen molar-refractivity contribution in [1.29, 1.82) is 0 Å². The van der Waals surface area contributed by atoms with Crippen molar-refractivity contribution in [3.05, 3.63) is 36.2 Å². The van der Waals surface area contributed by atoms with Crippen LogP contribution in [0.5, 0.6) is 5.88 Å². The second-order valence-corrected chi connectivity index (χ2v) is 3.73. The third-order valence-electron chi connectivity index (χ3n) is 2.47. The number of nitrogens with one attached hydrogen (secondary N) is 1. The zero-order chi connectivity index (χ0) is 13.2. The number of nitrogens with zero attached hydrogens (tertiary/aromatic N) is 4. The van der Waals surface area contributed by atoms with Gasteiger partial charge in [-0.1, -0.05) is 0 Å². The first-order chi connectivity index (χ1) is 9.24. The second-order valence-electron chi connectivity index (χ2n) is 3.73. The molecule has 0 amide bonds. The van der Waals surface area contributed by atoms with Crippen molar-refractivity contribution in [3.63, 3.8) is 0 Å². The summed E-state index contributed by atoms with van der Waals surface area (Å²) in [6.07, 6.45) is 2.82. The Kier molecular flexibility index (Phi) is 2.67. The molecule has 3 aromatic heterocycles. The highest BCUT2D eigenvalue weighted by Crippen LogP contribution is 2.20. The van der Waals surface area contributed by atoms with Crippen LogP contribution in [-0.4, -0.2) is 24.9 Å². The first kappa shape index (κ1) is 11.3. The van der Waals surface area contributed by atoms with E-state index in [4.69, 9.17) is 10.5 Å². The van der Waals surface area contributed by atoms with Crippen molar-refractivity contribution in [1.82, 2.24) is 24.9 Å². The van der Waals surface area contributed by atoms with Gasteiger partial charge in [0.05, 0.1) is 6.33 Å². The first-order valence-electron chi connectivity index (χ1n) is 5.43. The summed E-state index contributed by atoms with van der Waals surface area (Å²) < 4.78 is 18.8. The molecule has 7 nitrogen and oxygen atoms in total. The number of anilines is 1. The minimum Gasteiger partial charge on any atom is -0.471 e. The minimum absolute atomic E-state index is 0.00968. The van der Waals surface area contributed by atoms with E-state index in [0.717, 1.165) is 0 Å². The number of pyridine rings is 1. The molecule has 0 spiro atoms. The topological polar surface area (TPSA) is 103 Å². The van der Waals surface area contributed by atoms with Crippen molar-refractivity contribution in [2.24, 2.45) is 0 Å². The smallest absolute Gasteiger partial charge is 0.245 e. The third kappa shape index (κ3) is 2.15. The van der Waals surface area contributed by atoms with Crippen LogP contribution >= 0.6 is 0 Å². The Bertz CT molecular complexity index is 728. The van der Waals surface area contributed by atoms with Crippen LogP contribution < -0.4 is 10.5 Å². The van der Waals surface area contributed by atoms with Crippen LogP contribution in [0.3, 0.4) is 0 Å². The Labute approximate surface area is 106 Å². The molecule has 3 N–H and O–H groups in total. The largest absolute Gasteiger partial charge is 0.471 e. The van der Waals surface area contributed by atoms with E-state index in [9.17, 15) is 4.39 Å². The minimum atomic E-state index is -0.578. The Morgan fingerprint density at radius 3 is 3.05 bits per heavy atom. The Morgan fingerprint density at radius 1 is 1.32 bits per heavy atom. The second kappa shape index (κ2) is 4.48. The van der Waals surface area contributed by atoms with E-state index in [1.54, 1.807) is 12.1 Å². The van der Waals surface area contributed by atoms with E-state index in [1.165, 1.54) is 12.5 Å². The number of aromatic amines is 1. The van der Waals surface area contributed by atoms with Gasteiger partial charge in [-0.05, 0) is 12.1 Å². The van der Waals surface area contributed by atoms with E-state index >= 15 is 0 Å². The van der Waals surface area contributed by atoms with Crippen molar-refractivity contribution in [2.45, 2.75) is 6.61 Å². The highest BCUT2D eigenvalue weighted by Gasteiger charge is 2.11. The SMILES string of the molecule is Nc1nc(OCc2cccnc2F)c2[nH]cnc2n1. The molecular weight excluding hydrogens is 251 g/mol. The van der Waals surface area contributed by atoms with Gasteiger partial charge in [-0.3, -0.25) is 0 Å². The molecule has 3 heterocycles. The Morgan fingerprint density at radius 2 is 2.21 bits per heavy atom. The molecule has 3 aromatic rings. The lowest BCUT2D eigenvalue weighted by molar-refractivity contribution is 0.290. The number of rotatable bonds is 3. The van der Waals surface area contributed by atoms with Crippen molar-refractivity contribution < 1.29 is 9.13 Å². The number of ether oxygens (including phenoxy) is 1. The molecular formula is C11H9FN6O. The van der Waals surface area contributed by atoms with Crippen LogP contribution in [0, 0.1) is 5.95 Å². The molecule has 0 bridgehead atoms. The number of nitrogen functional groups attached to an aromatic ring is 1. The van der Waals surface area contributed by atoms with E-state index in [-0.39, 0.29) is 18.4 Å². The molecule has 0 unspecified atom stereocenters. The molecule has 0 aliphatic rings.